The van der Waals surface area contributed by atoms with Gasteiger partial charge in [-0.05, 0) is 96.8 Å². The average Bonchev–Trinajstić information content (AvgIpc) is 3.14. The molecule has 0 N–H and O–H groups in total. The number of aryl methyl sites for hydroxylation is 1. The van der Waals surface area contributed by atoms with E-state index in [0.29, 0.717) is 16.9 Å². The van der Waals surface area contributed by atoms with Gasteiger partial charge in [0.2, 0.25) is 0 Å². The average molecular weight is 338 g/mol. The molecule has 0 aromatic carbocycles. The maximum Gasteiger partial charge on any atom is 0.0632 e. The highest BCUT2D eigenvalue weighted by atomic mass is 16.5. The van der Waals surface area contributed by atoms with E-state index >= 15 is 0 Å². The quantitative estimate of drug-likeness (QED) is 0.683. The number of hydrogen-bond acceptors (Lipinski definition) is 2. The molecule has 4 aliphatic rings. The monoisotopic (exact) mass is 337 g/mol. The van der Waals surface area contributed by atoms with Gasteiger partial charge in [0.05, 0.1) is 6.10 Å². The van der Waals surface area contributed by atoms with Crippen molar-refractivity contribution >= 4 is 5.57 Å². The molecule has 3 fully saturated rings. The lowest BCUT2D eigenvalue weighted by molar-refractivity contribution is -0.0889. The van der Waals surface area contributed by atoms with Gasteiger partial charge in [-0.1, -0.05) is 19.9 Å². The first-order valence-electron chi connectivity index (χ1n) is 10.3. The van der Waals surface area contributed by atoms with Crippen LogP contribution < -0.4 is 0 Å². The summed E-state index contributed by atoms with van der Waals surface area (Å²) in [4.78, 5) is 4.48. The predicted octanol–water partition coefficient (Wildman–Crippen LogP) is 5.41. The SMILES string of the molecule is Cc1cncc(C2=CC[C@H]3[C@@H]4CC[C@@H]5OCC[C@]5(C)[C@H]4CC[C@]23C)c1. The molecule has 0 amide bonds. The highest BCUT2D eigenvalue weighted by Gasteiger charge is 2.59. The van der Waals surface area contributed by atoms with Crippen LogP contribution in [0.15, 0.2) is 24.5 Å². The molecule has 2 heterocycles. The minimum atomic E-state index is 0.347. The topological polar surface area (TPSA) is 22.1 Å². The summed E-state index contributed by atoms with van der Waals surface area (Å²) >= 11 is 0. The van der Waals surface area contributed by atoms with Gasteiger partial charge in [-0.3, -0.25) is 4.98 Å². The number of nitrogens with zero attached hydrogens (tertiary/aromatic N) is 1. The molecule has 1 aromatic rings. The molecule has 0 bridgehead atoms. The van der Waals surface area contributed by atoms with Crippen molar-refractivity contribution in [2.45, 2.75) is 65.4 Å². The fourth-order valence-corrected chi connectivity index (χ4v) is 7.18. The van der Waals surface area contributed by atoms with Gasteiger partial charge in [0.1, 0.15) is 0 Å². The molecule has 0 spiro atoms. The van der Waals surface area contributed by atoms with Gasteiger partial charge in [0.15, 0.2) is 0 Å². The van der Waals surface area contributed by atoms with E-state index in [1.807, 2.05) is 6.20 Å². The summed E-state index contributed by atoms with van der Waals surface area (Å²) in [6, 6.07) is 2.33. The Hall–Kier alpha value is -1.15. The molecule has 1 aromatic heterocycles. The molecule has 134 valence electrons. The van der Waals surface area contributed by atoms with E-state index in [2.05, 4.69) is 44.1 Å². The summed E-state index contributed by atoms with van der Waals surface area (Å²) in [6.45, 7) is 8.24. The van der Waals surface area contributed by atoms with E-state index in [1.165, 1.54) is 49.7 Å². The van der Waals surface area contributed by atoms with Crippen LogP contribution >= 0.6 is 0 Å². The third-order valence-electron chi connectivity index (χ3n) is 8.51. The van der Waals surface area contributed by atoms with Crippen molar-refractivity contribution < 1.29 is 4.74 Å². The van der Waals surface area contributed by atoms with Crippen LogP contribution in [0.3, 0.4) is 0 Å². The largest absolute Gasteiger partial charge is 0.378 e. The van der Waals surface area contributed by atoms with E-state index in [0.717, 1.165) is 24.4 Å². The molecule has 3 aliphatic carbocycles. The molecule has 2 nitrogen and oxygen atoms in total. The van der Waals surface area contributed by atoms with Crippen LogP contribution in [0.5, 0.6) is 0 Å². The second kappa shape index (κ2) is 5.42. The number of hydrogen-bond donors (Lipinski definition) is 0. The second-order valence-corrected chi connectivity index (χ2v) is 9.63. The van der Waals surface area contributed by atoms with Crippen molar-refractivity contribution in [3.05, 3.63) is 35.7 Å². The lowest BCUT2D eigenvalue weighted by Gasteiger charge is -2.56. The Balaban J connectivity index is 1.48. The molecular formula is C23H31NO. The van der Waals surface area contributed by atoms with Gasteiger partial charge >= 0.3 is 0 Å². The first-order chi connectivity index (χ1) is 12.0. The minimum Gasteiger partial charge on any atom is -0.378 e. The zero-order valence-corrected chi connectivity index (χ0v) is 15.9. The number of aromatic nitrogens is 1. The fourth-order valence-electron chi connectivity index (χ4n) is 7.18. The molecule has 0 unspecified atom stereocenters. The van der Waals surface area contributed by atoms with Crippen molar-refractivity contribution in [1.82, 2.24) is 4.98 Å². The normalized spacial score (nSPS) is 45.5. The van der Waals surface area contributed by atoms with Gasteiger partial charge in [-0.2, -0.15) is 0 Å². The van der Waals surface area contributed by atoms with E-state index in [4.69, 9.17) is 4.74 Å². The maximum atomic E-state index is 6.13. The maximum absolute atomic E-state index is 6.13. The molecule has 1 aliphatic heterocycles. The number of rotatable bonds is 1. The van der Waals surface area contributed by atoms with Crippen LogP contribution in [0, 0.1) is 35.5 Å². The summed E-state index contributed by atoms with van der Waals surface area (Å²) in [7, 11) is 0. The first kappa shape index (κ1) is 16.1. The molecule has 6 atom stereocenters. The van der Waals surface area contributed by atoms with Crippen molar-refractivity contribution in [2.75, 3.05) is 6.61 Å². The molecule has 0 radical (unpaired) electrons. The Morgan fingerprint density at radius 1 is 1.08 bits per heavy atom. The summed E-state index contributed by atoms with van der Waals surface area (Å²) in [5, 5.41) is 0. The number of ether oxygens (including phenoxy) is 1. The Morgan fingerprint density at radius 3 is 2.80 bits per heavy atom. The van der Waals surface area contributed by atoms with E-state index in [9.17, 15) is 0 Å². The van der Waals surface area contributed by atoms with Crippen molar-refractivity contribution in [3.63, 3.8) is 0 Å². The van der Waals surface area contributed by atoms with Crippen molar-refractivity contribution in [1.29, 1.82) is 0 Å². The molecule has 2 heteroatoms. The summed E-state index contributed by atoms with van der Waals surface area (Å²) < 4.78 is 6.13. The van der Waals surface area contributed by atoms with Gasteiger partial charge in [0, 0.05) is 19.0 Å². The Bertz CT molecular complexity index is 725. The lowest BCUT2D eigenvalue weighted by Crippen LogP contribution is -2.51. The summed E-state index contributed by atoms with van der Waals surface area (Å²) in [6.07, 6.45) is 15.1. The predicted molar refractivity (Wildman–Crippen MR) is 101 cm³/mol. The third-order valence-corrected chi connectivity index (χ3v) is 8.51. The number of fused-ring (bicyclic) bond motifs is 5. The molecule has 1 saturated heterocycles. The van der Waals surface area contributed by atoms with Crippen LogP contribution in [0.4, 0.5) is 0 Å². The van der Waals surface area contributed by atoms with Crippen molar-refractivity contribution in [2.24, 2.45) is 28.6 Å². The van der Waals surface area contributed by atoms with Crippen LogP contribution in [0.2, 0.25) is 0 Å². The Kier molecular flexibility index (Phi) is 3.48. The Morgan fingerprint density at radius 2 is 1.96 bits per heavy atom. The molecule has 25 heavy (non-hydrogen) atoms. The zero-order valence-electron chi connectivity index (χ0n) is 15.9. The van der Waals surface area contributed by atoms with Crippen LogP contribution in [0.25, 0.3) is 5.57 Å². The highest BCUT2D eigenvalue weighted by molar-refractivity contribution is 5.72. The number of pyridine rings is 1. The first-order valence-corrected chi connectivity index (χ1v) is 10.3. The standard InChI is InChI=1S/C23H31NO/c1-15-12-16(14-24-13-15)18-5-6-19-17-4-7-21-23(3,10-11-25-21)20(17)8-9-22(18,19)2/h5,12-14,17,19-21H,4,6-11H2,1-3H3/t17-,19-,20-,21-,22+,23+/m0/s1. The van der Waals surface area contributed by atoms with Crippen LogP contribution in [-0.2, 0) is 4.74 Å². The van der Waals surface area contributed by atoms with Gasteiger partial charge in [-0.15, -0.1) is 0 Å². The van der Waals surface area contributed by atoms with E-state index in [1.54, 1.807) is 5.57 Å². The van der Waals surface area contributed by atoms with E-state index < -0.39 is 0 Å². The highest BCUT2D eigenvalue weighted by Crippen LogP contribution is 2.66. The Labute approximate surface area is 152 Å². The summed E-state index contributed by atoms with van der Waals surface area (Å²) in [5.41, 5.74) is 5.02. The van der Waals surface area contributed by atoms with Crippen LogP contribution in [0.1, 0.15) is 63.5 Å². The van der Waals surface area contributed by atoms with Gasteiger partial charge < -0.3 is 4.74 Å². The minimum absolute atomic E-state index is 0.347. The number of allylic oxidation sites excluding steroid dienone is 2. The van der Waals surface area contributed by atoms with Crippen LogP contribution in [-0.4, -0.2) is 17.7 Å². The van der Waals surface area contributed by atoms with E-state index in [-0.39, 0.29) is 0 Å². The zero-order chi connectivity index (χ0) is 17.2. The van der Waals surface area contributed by atoms with Gasteiger partial charge in [-0.25, -0.2) is 0 Å². The summed E-state index contributed by atoms with van der Waals surface area (Å²) in [5.74, 6) is 2.57. The fraction of sp³-hybridized carbons (Fsp3) is 0.696. The van der Waals surface area contributed by atoms with Gasteiger partial charge in [0.25, 0.3) is 0 Å². The third kappa shape index (κ3) is 2.16. The van der Waals surface area contributed by atoms with Crippen molar-refractivity contribution in [3.8, 4) is 0 Å². The second-order valence-electron chi connectivity index (χ2n) is 9.63. The molecular weight excluding hydrogens is 306 g/mol. The lowest BCUT2D eigenvalue weighted by atomic mass is 9.48. The smallest absolute Gasteiger partial charge is 0.0632 e. The molecule has 2 saturated carbocycles. The molecule has 5 rings (SSSR count).